The maximum atomic E-state index is 12.4. The second kappa shape index (κ2) is 4.31. The Balaban J connectivity index is 2.52. The van der Waals surface area contributed by atoms with Crippen LogP contribution in [-0.2, 0) is 0 Å². The molecule has 0 aliphatic carbocycles. The number of halogens is 3. The summed E-state index contributed by atoms with van der Waals surface area (Å²) in [6.07, 6.45) is 0. The molecule has 1 heterocycles. The van der Waals surface area contributed by atoms with Crippen molar-refractivity contribution in [3.63, 3.8) is 0 Å². The summed E-state index contributed by atoms with van der Waals surface area (Å²) in [6, 6.07) is 0. The molecule has 0 unspecified atom stereocenters. The highest BCUT2D eigenvalue weighted by Crippen LogP contribution is 2.16. The molecule has 1 rings (SSSR count). The van der Waals surface area contributed by atoms with Gasteiger partial charge in [-0.25, -0.2) is 13.8 Å². The van der Waals surface area contributed by atoms with Gasteiger partial charge < -0.3 is 5.32 Å². The first-order valence-electron chi connectivity index (χ1n) is 3.65. The number of thiazole rings is 1. The number of carbonyl (C=O) groups excluding carboxylic acids is 1. The summed E-state index contributed by atoms with van der Waals surface area (Å²) in [5, 5.41) is 3.58. The van der Waals surface area contributed by atoms with Gasteiger partial charge in [0.2, 0.25) is 0 Å². The molecule has 1 aromatic heterocycles. The van der Waals surface area contributed by atoms with Crippen LogP contribution >= 0.6 is 27.3 Å². The largest absolute Gasteiger partial charge is 0.345 e. The Kier molecular flexibility index (Phi) is 3.54. The Bertz CT molecular complexity index is 337. The Hall–Kier alpha value is -0.560. The highest BCUT2D eigenvalue weighted by atomic mass is 79.9. The van der Waals surface area contributed by atoms with Gasteiger partial charge in [0.25, 0.3) is 11.8 Å². The van der Waals surface area contributed by atoms with Crippen LogP contribution in [0, 0.1) is 0 Å². The predicted octanol–water partition coefficient (Wildman–Crippen LogP) is 2.29. The molecule has 0 fully saturated rings. The monoisotopic (exact) mass is 284 g/mol. The van der Waals surface area contributed by atoms with Crippen LogP contribution in [0.5, 0.6) is 0 Å². The van der Waals surface area contributed by atoms with Crippen molar-refractivity contribution >= 4 is 33.2 Å². The maximum absolute atomic E-state index is 12.4. The molecule has 14 heavy (non-hydrogen) atoms. The molecular weight excluding hydrogens is 278 g/mol. The number of alkyl halides is 2. The lowest BCUT2D eigenvalue weighted by atomic mass is 10.3. The summed E-state index contributed by atoms with van der Waals surface area (Å²) in [6.45, 7) is 0.0607. The summed E-state index contributed by atoms with van der Waals surface area (Å²) in [5.74, 6) is -3.49. The number of nitrogens with one attached hydrogen (secondary N) is 1. The summed E-state index contributed by atoms with van der Waals surface area (Å²) < 4.78 is 25.3. The molecule has 78 valence electrons. The van der Waals surface area contributed by atoms with Crippen molar-refractivity contribution in [3.05, 3.63) is 15.0 Å². The average Bonchev–Trinajstić information content (AvgIpc) is 2.46. The van der Waals surface area contributed by atoms with Gasteiger partial charge >= 0.3 is 0 Å². The second-order valence-electron chi connectivity index (χ2n) is 2.74. The zero-order valence-corrected chi connectivity index (χ0v) is 9.58. The van der Waals surface area contributed by atoms with Gasteiger partial charge in [0.1, 0.15) is 5.69 Å². The lowest BCUT2D eigenvalue weighted by Crippen LogP contribution is -2.34. The van der Waals surface area contributed by atoms with Gasteiger partial charge in [-0.2, -0.15) is 0 Å². The van der Waals surface area contributed by atoms with Gasteiger partial charge in [0, 0.05) is 12.3 Å². The van der Waals surface area contributed by atoms with E-state index in [9.17, 15) is 13.6 Å². The van der Waals surface area contributed by atoms with E-state index in [0.29, 0.717) is 3.92 Å². The van der Waals surface area contributed by atoms with Crippen LogP contribution in [-0.4, -0.2) is 23.4 Å². The topological polar surface area (TPSA) is 42.0 Å². The molecule has 3 nitrogen and oxygen atoms in total. The Morgan fingerprint density at radius 1 is 1.79 bits per heavy atom. The lowest BCUT2D eigenvalue weighted by molar-refractivity contribution is 0.0220. The second-order valence-corrected chi connectivity index (χ2v) is 4.87. The molecule has 1 aromatic rings. The molecule has 0 saturated carbocycles. The Morgan fingerprint density at radius 3 is 2.86 bits per heavy atom. The normalized spacial score (nSPS) is 11.4. The van der Waals surface area contributed by atoms with Gasteiger partial charge in [-0.3, -0.25) is 4.79 Å². The smallest absolute Gasteiger partial charge is 0.271 e. The molecule has 1 N–H and O–H groups in total. The minimum atomic E-state index is -2.90. The van der Waals surface area contributed by atoms with Crippen molar-refractivity contribution in [3.8, 4) is 0 Å². The van der Waals surface area contributed by atoms with E-state index < -0.39 is 18.4 Å². The average molecular weight is 285 g/mol. The van der Waals surface area contributed by atoms with E-state index in [-0.39, 0.29) is 5.69 Å². The van der Waals surface area contributed by atoms with Gasteiger partial charge in [-0.15, -0.1) is 11.3 Å². The van der Waals surface area contributed by atoms with Crippen LogP contribution in [0.2, 0.25) is 0 Å². The number of hydrogen-bond acceptors (Lipinski definition) is 3. The number of rotatable bonds is 3. The fourth-order valence-electron chi connectivity index (χ4n) is 0.682. The maximum Gasteiger partial charge on any atom is 0.271 e. The Labute approximate surface area is 91.7 Å². The van der Waals surface area contributed by atoms with Crippen molar-refractivity contribution in [2.75, 3.05) is 6.54 Å². The summed E-state index contributed by atoms with van der Waals surface area (Å²) in [4.78, 5) is 15.0. The van der Waals surface area contributed by atoms with Crippen molar-refractivity contribution in [2.24, 2.45) is 0 Å². The van der Waals surface area contributed by atoms with Crippen LogP contribution in [0.3, 0.4) is 0 Å². The van der Waals surface area contributed by atoms with E-state index >= 15 is 0 Å². The first-order valence-corrected chi connectivity index (χ1v) is 5.33. The first kappa shape index (κ1) is 11.5. The number of nitrogens with zero attached hydrogens (tertiary/aromatic N) is 1. The molecule has 0 atom stereocenters. The molecule has 0 saturated heterocycles. The van der Waals surface area contributed by atoms with E-state index in [0.717, 1.165) is 6.92 Å². The zero-order chi connectivity index (χ0) is 10.8. The summed E-state index contributed by atoms with van der Waals surface area (Å²) in [7, 11) is 0. The summed E-state index contributed by atoms with van der Waals surface area (Å²) >= 11 is 4.29. The van der Waals surface area contributed by atoms with E-state index in [1.807, 2.05) is 0 Å². The molecule has 7 heteroatoms. The van der Waals surface area contributed by atoms with Crippen molar-refractivity contribution in [2.45, 2.75) is 12.8 Å². The highest BCUT2D eigenvalue weighted by molar-refractivity contribution is 9.11. The SMILES string of the molecule is CC(F)(F)CNC(=O)c1csc(Br)n1. The van der Waals surface area contributed by atoms with E-state index in [1.54, 1.807) is 0 Å². The third-order valence-corrected chi connectivity index (χ3v) is 2.63. The molecule has 0 radical (unpaired) electrons. The van der Waals surface area contributed by atoms with E-state index in [1.165, 1.54) is 16.7 Å². The molecule has 0 spiro atoms. The number of carbonyl (C=O) groups is 1. The van der Waals surface area contributed by atoms with Crippen molar-refractivity contribution in [1.29, 1.82) is 0 Å². The summed E-state index contributed by atoms with van der Waals surface area (Å²) in [5.41, 5.74) is 0.145. The molecular formula is C7H7BrF2N2OS. The number of amides is 1. The fourth-order valence-corrected chi connectivity index (χ4v) is 1.67. The van der Waals surface area contributed by atoms with Gasteiger partial charge in [-0.1, -0.05) is 0 Å². The van der Waals surface area contributed by atoms with E-state index in [2.05, 4.69) is 26.2 Å². The van der Waals surface area contributed by atoms with Crippen LogP contribution < -0.4 is 5.32 Å². The Morgan fingerprint density at radius 2 is 2.43 bits per heavy atom. The standard InChI is InChI=1S/C7H7BrF2N2OS/c1-7(9,10)3-11-5(13)4-2-14-6(8)12-4/h2H,3H2,1H3,(H,11,13). The van der Waals surface area contributed by atoms with Gasteiger partial charge in [-0.05, 0) is 15.9 Å². The van der Waals surface area contributed by atoms with Gasteiger partial charge in [0.05, 0.1) is 6.54 Å². The first-order chi connectivity index (χ1) is 6.38. The van der Waals surface area contributed by atoms with Crippen LogP contribution in [0.4, 0.5) is 8.78 Å². The third kappa shape index (κ3) is 3.67. The molecule has 0 aliphatic heterocycles. The molecule has 0 bridgehead atoms. The van der Waals surface area contributed by atoms with Crippen LogP contribution in [0.25, 0.3) is 0 Å². The number of aromatic nitrogens is 1. The fraction of sp³-hybridized carbons (Fsp3) is 0.429. The minimum Gasteiger partial charge on any atom is -0.345 e. The molecule has 1 amide bonds. The quantitative estimate of drug-likeness (QED) is 0.925. The lowest BCUT2D eigenvalue weighted by Gasteiger charge is -2.09. The van der Waals surface area contributed by atoms with Gasteiger partial charge in [0.15, 0.2) is 3.92 Å². The van der Waals surface area contributed by atoms with Crippen molar-refractivity contribution in [1.82, 2.24) is 10.3 Å². The molecule has 0 aromatic carbocycles. The van der Waals surface area contributed by atoms with E-state index in [4.69, 9.17) is 0 Å². The van der Waals surface area contributed by atoms with Crippen LogP contribution in [0.1, 0.15) is 17.4 Å². The predicted molar refractivity (Wildman–Crippen MR) is 52.8 cm³/mol. The third-order valence-electron chi connectivity index (χ3n) is 1.27. The number of hydrogen-bond donors (Lipinski definition) is 1. The molecule has 0 aliphatic rings. The minimum absolute atomic E-state index is 0.145. The van der Waals surface area contributed by atoms with Crippen molar-refractivity contribution < 1.29 is 13.6 Å². The zero-order valence-electron chi connectivity index (χ0n) is 7.18. The highest BCUT2D eigenvalue weighted by Gasteiger charge is 2.22. The van der Waals surface area contributed by atoms with Crippen LogP contribution in [0.15, 0.2) is 9.30 Å².